The van der Waals surface area contributed by atoms with Gasteiger partial charge in [0.05, 0.1) is 0 Å². The van der Waals surface area contributed by atoms with E-state index in [2.05, 4.69) is 35.9 Å². The third kappa shape index (κ3) is 3.20. The number of hydrogen-bond acceptors (Lipinski definition) is 3. The molecule has 0 bridgehead atoms. The van der Waals surface area contributed by atoms with Gasteiger partial charge in [-0.05, 0) is 31.9 Å². The third-order valence-corrected chi connectivity index (χ3v) is 2.50. The van der Waals surface area contributed by atoms with Crippen molar-refractivity contribution in [1.29, 1.82) is 0 Å². The summed E-state index contributed by atoms with van der Waals surface area (Å²) in [5.41, 5.74) is 6.87. The molecule has 2 N–H and O–H groups in total. The van der Waals surface area contributed by atoms with Crippen LogP contribution in [-0.4, -0.2) is 18.1 Å². The number of aromatic nitrogens is 1. The first-order valence-corrected chi connectivity index (χ1v) is 5.65. The summed E-state index contributed by atoms with van der Waals surface area (Å²) in [4.78, 5) is 6.70. The zero-order chi connectivity index (χ0) is 11.3. The maximum absolute atomic E-state index is 5.78. The van der Waals surface area contributed by atoms with Crippen molar-refractivity contribution >= 4 is 5.82 Å². The van der Waals surface area contributed by atoms with Gasteiger partial charge in [0.2, 0.25) is 0 Å². The van der Waals surface area contributed by atoms with Crippen LogP contribution >= 0.6 is 0 Å². The van der Waals surface area contributed by atoms with Gasteiger partial charge in [0.25, 0.3) is 0 Å². The van der Waals surface area contributed by atoms with Gasteiger partial charge in [-0.25, -0.2) is 4.98 Å². The van der Waals surface area contributed by atoms with E-state index in [4.69, 9.17) is 5.73 Å². The van der Waals surface area contributed by atoms with Crippen molar-refractivity contribution in [2.24, 2.45) is 5.73 Å². The second-order valence-corrected chi connectivity index (χ2v) is 3.82. The van der Waals surface area contributed by atoms with Gasteiger partial charge in [-0.1, -0.05) is 13.0 Å². The predicted molar refractivity (Wildman–Crippen MR) is 65.0 cm³/mol. The first-order chi connectivity index (χ1) is 7.19. The quantitative estimate of drug-likeness (QED) is 0.805. The van der Waals surface area contributed by atoms with Gasteiger partial charge in [0.1, 0.15) is 5.82 Å². The highest BCUT2D eigenvalue weighted by Gasteiger charge is 2.05. The molecule has 1 aromatic rings. The highest BCUT2D eigenvalue weighted by Crippen LogP contribution is 2.14. The first kappa shape index (κ1) is 12.0. The number of pyridine rings is 1. The summed E-state index contributed by atoms with van der Waals surface area (Å²) in [7, 11) is 0. The lowest BCUT2D eigenvalue weighted by Gasteiger charge is -2.21. The molecule has 3 heteroatoms. The van der Waals surface area contributed by atoms with E-state index in [1.165, 1.54) is 0 Å². The van der Waals surface area contributed by atoms with Gasteiger partial charge < -0.3 is 10.6 Å². The highest BCUT2D eigenvalue weighted by atomic mass is 15.2. The Morgan fingerprint density at radius 2 is 2.13 bits per heavy atom. The zero-order valence-electron chi connectivity index (χ0n) is 9.90. The summed E-state index contributed by atoms with van der Waals surface area (Å²) in [5.74, 6) is 1.05. The van der Waals surface area contributed by atoms with Gasteiger partial charge in [0.15, 0.2) is 0 Å². The molecule has 1 heterocycles. The molecule has 1 atom stereocenters. The van der Waals surface area contributed by atoms with E-state index in [0.29, 0.717) is 0 Å². The largest absolute Gasteiger partial charge is 0.357 e. The number of hydrogen-bond donors (Lipinski definition) is 1. The monoisotopic (exact) mass is 207 g/mol. The van der Waals surface area contributed by atoms with Crippen LogP contribution < -0.4 is 10.6 Å². The lowest BCUT2D eigenvalue weighted by molar-refractivity contribution is 0.770. The second kappa shape index (κ2) is 5.71. The third-order valence-electron chi connectivity index (χ3n) is 2.50. The molecular formula is C12H21N3. The minimum absolute atomic E-state index is 0.0628. The Hall–Kier alpha value is -1.09. The van der Waals surface area contributed by atoms with Crippen LogP contribution in [0.5, 0.6) is 0 Å². The van der Waals surface area contributed by atoms with E-state index < -0.39 is 0 Å². The molecule has 0 aliphatic rings. The molecular weight excluding hydrogens is 186 g/mol. The van der Waals surface area contributed by atoms with Crippen LogP contribution in [-0.2, 0) is 0 Å². The van der Waals surface area contributed by atoms with Crippen LogP contribution in [0.2, 0.25) is 0 Å². The van der Waals surface area contributed by atoms with Crippen molar-refractivity contribution < 1.29 is 0 Å². The molecule has 0 aromatic carbocycles. The standard InChI is InChI=1S/C12H21N3/c1-4-8-15(5-2)12-7-6-11(9-14-12)10(3)13/h6-7,9-10H,4-5,8,13H2,1-3H3/t10-/m1/s1. The summed E-state index contributed by atoms with van der Waals surface area (Å²) < 4.78 is 0. The predicted octanol–water partition coefficient (Wildman–Crippen LogP) is 2.34. The topological polar surface area (TPSA) is 42.1 Å². The van der Waals surface area contributed by atoms with Crippen molar-refractivity contribution in [3.63, 3.8) is 0 Å². The number of anilines is 1. The van der Waals surface area contributed by atoms with Crippen LogP contribution in [0.25, 0.3) is 0 Å². The molecule has 1 aromatic heterocycles. The molecule has 0 radical (unpaired) electrons. The summed E-state index contributed by atoms with van der Waals surface area (Å²) in [6.07, 6.45) is 3.02. The molecule has 15 heavy (non-hydrogen) atoms. The molecule has 0 saturated carbocycles. The van der Waals surface area contributed by atoms with E-state index in [1.807, 2.05) is 13.1 Å². The number of nitrogens with zero attached hydrogens (tertiary/aromatic N) is 2. The number of rotatable bonds is 5. The maximum atomic E-state index is 5.78. The van der Waals surface area contributed by atoms with Gasteiger partial charge in [0, 0.05) is 25.3 Å². The van der Waals surface area contributed by atoms with Crippen LogP contribution in [0.3, 0.4) is 0 Å². The van der Waals surface area contributed by atoms with E-state index in [1.54, 1.807) is 0 Å². The molecule has 1 rings (SSSR count). The average Bonchev–Trinajstić information content (AvgIpc) is 2.26. The Kier molecular flexibility index (Phi) is 4.56. The van der Waals surface area contributed by atoms with Gasteiger partial charge >= 0.3 is 0 Å². The van der Waals surface area contributed by atoms with E-state index in [9.17, 15) is 0 Å². The lowest BCUT2D eigenvalue weighted by Crippen LogP contribution is -2.24. The SMILES string of the molecule is CCCN(CC)c1ccc([C@@H](C)N)cn1. The molecule has 0 saturated heterocycles. The minimum Gasteiger partial charge on any atom is -0.357 e. The minimum atomic E-state index is 0.0628. The molecule has 0 aliphatic heterocycles. The molecule has 0 fully saturated rings. The Labute approximate surface area is 92.3 Å². The normalized spacial score (nSPS) is 12.5. The van der Waals surface area contributed by atoms with E-state index in [-0.39, 0.29) is 6.04 Å². The van der Waals surface area contributed by atoms with Crippen molar-refractivity contribution in [1.82, 2.24) is 4.98 Å². The summed E-state index contributed by atoms with van der Waals surface area (Å²) in [6.45, 7) is 8.36. The van der Waals surface area contributed by atoms with Gasteiger partial charge in [-0.2, -0.15) is 0 Å². The smallest absolute Gasteiger partial charge is 0.128 e. The Morgan fingerprint density at radius 1 is 1.40 bits per heavy atom. The molecule has 0 unspecified atom stereocenters. The van der Waals surface area contributed by atoms with Crippen LogP contribution in [0, 0.1) is 0 Å². The fraction of sp³-hybridized carbons (Fsp3) is 0.583. The van der Waals surface area contributed by atoms with Crippen LogP contribution in [0.4, 0.5) is 5.82 Å². The molecule has 0 spiro atoms. The maximum Gasteiger partial charge on any atom is 0.128 e. The molecule has 3 nitrogen and oxygen atoms in total. The molecule has 84 valence electrons. The highest BCUT2D eigenvalue weighted by molar-refractivity contribution is 5.39. The van der Waals surface area contributed by atoms with E-state index in [0.717, 1.165) is 30.9 Å². The number of nitrogens with two attached hydrogens (primary N) is 1. The Balaban J connectivity index is 2.77. The fourth-order valence-corrected chi connectivity index (χ4v) is 1.56. The zero-order valence-corrected chi connectivity index (χ0v) is 9.90. The van der Waals surface area contributed by atoms with Crippen molar-refractivity contribution in [2.75, 3.05) is 18.0 Å². The van der Waals surface area contributed by atoms with E-state index >= 15 is 0 Å². The summed E-state index contributed by atoms with van der Waals surface area (Å²) in [5, 5.41) is 0. The fourth-order valence-electron chi connectivity index (χ4n) is 1.56. The van der Waals surface area contributed by atoms with Gasteiger partial charge in [-0.15, -0.1) is 0 Å². The second-order valence-electron chi connectivity index (χ2n) is 3.82. The Bertz CT molecular complexity index is 279. The van der Waals surface area contributed by atoms with Crippen LogP contribution in [0.15, 0.2) is 18.3 Å². The lowest BCUT2D eigenvalue weighted by atomic mass is 10.1. The van der Waals surface area contributed by atoms with Crippen molar-refractivity contribution in [3.8, 4) is 0 Å². The summed E-state index contributed by atoms with van der Waals surface area (Å²) >= 11 is 0. The molecule has 0 aliphatic carbocycles. The van der Waals surface area contributed by atoms with Crippen molar-refractivity contribution in [3.05, 3.63) is 23.9 Å². The average molecular weight is 207 g/mol. The first-order valence-electron chi connectivity index (χ1n) is 5.65. The summed E-state index contributed by atoms with van der Waals surface area (Å²) in [6, 6.07) is 4.18. The van der Waals surface area contributed by atoms with Crippen molar-refractivity contribution in [2.45, 2.75) is 33.2 Å². The molecule has 0 amide bonds. The van der Waals surface area contributed by atoms with Gasteiger partial charge in [-0.3, -0.25) is 0 Å². The van der Waals surface area contributed by atoms with Crippen LogP contribution in [0.1, 0.15) is 38.8 Å². The Morgan fingerprint density at radius 3 is 2.53 bits per heavy atom.